The molecule has 1 aromatic carbocycles. The molecular formula is C8H10N2O3. The Bertz CT molecular complexity index is 325. The minimum Gasteiger partial charge on any atom is -0.491 e. The van der Waals surface area contributed by atoms with E-state index in [0.29, 0.717) is 18.0 Å². The van der Waals surface area contributed by atoms with Crippen LogP contribution in [0.5, 0.6) is 5.75 Å². The van der Waals surface area contributed by atoms with Crippen molar-refractivity contribution in [1.82, 2.24) is 0 Å². The summed E-state index contributed by atoms with van der Waals surface area (Å²) in [6.45, 7) is 2.23. The molecule has 0 aliphatic carbocycles. The van der Waals surface area contributed by atoms with Crippen molar-refractivity contribution in [1.29, 1.82) is 0 Å². The van der Waals surface area contributed by atoms with Gasteiger partial charge in [0.1, 0.15) is 5.75 Å². The molecule has 0 aliphatic rings. The minimum atomic E-state index is -0.484. The predicted octanol–water partition coefficient (Wildman–Crippen LogP) is 1.58. The number of hydrogen-bond acceptors (Lipinski definition) is 4. The predicted molar refractivity (Wildman–Crippen MR) is 48.7 cm³/mol. The van der Waals surface area contributed by atoms with E-state index in [4.69, 9.17) is 10.5 Å². The highest BCUT2D eigenvalue weighted by Crippen LogP contribution is 2.26. The van der Waals surface area contributed by atoms with Crippen molar-refractivity contribution in [3.8, 4) is 5.75 Å². The highest BCUT2D eigenvalue weighted by atomic mass is 16.6. The molecule has 0 heterocycles. The van der Waals surface area contributed by atoms with E-state index >= 15 is 0 Å². The number of nitro benzene ring substituents is 1. The largest absolute Gasteiger partial charge is 0.491 e. The molecule has 1 aromatic rings. The van der Waals surface area contributed by atoms with Gasteiger partial charge >= 0.3 is 0 Å². The molecule has 70 valence electrons. The molecule has 0 aromatic heterocycles. The first-order chi connectivity index (χ1) is 6.15. The van der Waals surface area contributed by atoms with Crippen LogP contribution in [-0.2, 0) is 0 Å². The quantitative estimate of drug-likeness (QED) is 0.437. The van der Waals surface area contributed by atoms with Crippen LogP contribution in [0.4, 0.5) is 11.4 Å². The molecule has 0 saturated heterocycles. The average Bonchev–Trinajstić information content (AvgIpc) is 2.08. The monoisotopic (exact) mass is 182 g/mol. The lowest BCUT2D eigenvalue weighted by Crippen LogP contribution is -1.98. The third kappa shape index (κ3) is 2.08. The fourth-order valence-electron chi connectivity index (χ4n) is 0.917. The normalized spacial score (nSPS) is 9.62. The number of benzene rings is 1. The Morgan fingerprint density at radius 2 is 2.31 bits per heavy atom. The van der Waals surface area contributed by atoms with Crippen molar-refractivity contribution in [3.05, 3.63) is 28.3 Å². The second-order valence-corrected chi connectivity index (χ2v) is 2.41. The number of nitrogens with zero attached hydrogens (tertiary/aromatic N) is 1. The van der Waals surface area contributed by atoms with Crippen LogP contribution in [0, 0.1) is 10.1 Å². The van der Waals surface area contributed by atoms with Gasteiger partial charge in [-0.25, -0.2) is 0 Å². The van der Waals surface area contributed by atoms with E-state index in [0.717, 1.165) is 0 Å². The lowest BCUT2D eigenvalue weighted by atomic mass is 10.2. The first kappa shape index (κ1) is 9.31. The van der Waals surface area contributed by atoms with E-state index in [2.05, 4.69) is 0 Å². The number of nitro groups is 1. The van der Waals surface area contributed by atoms with E-state index in [9.17, 15) is 10.1 Å². The lowest BCUT2D eigenvalue weighted by Gasteiger charge is -2.05. The Kier molecular flexibility index (Phi) is 2.69. The van der Waals surface area contributed by atoms with Crippen molar-refractivity contribution in [2.45, 2.75) is 6.92 Å². The minimum absolute atomic E-state index is 0.0161. The Labute approximate surface area is 75.3 Å². The fourth-order valence-corrected chi connectivity index (χ4v) is 0.917. The SMILES string of the molecule is CCOc1cc([N+](=O)[O-])ccc1N. The third-order valence-corrected chi connectivity index (χ3v) is 1.51. The van der Waals surface area contributed by atoms with E-state index in [-0.39, 0.29) is 5.69 Å². The van der Waals surface area contributed by atoms with Gasteiger partial charge in [0.15, 0.2) is 0 Å². The highest BCUT2D eigenvalue weighted by molar-refractivity contribution is 5.57. The Morgan fingerprint density at radius 3 is 2.85 bits per heavy atom. The van der Waals surface area contributed by atoms with E-state index in [1.807, 2.05) is 0 Å². The number of non-ortho nitro benzene ring substituents is 1. The molecule has 0 unspecified atom stereocenters. The van der Waals surface area contributed by atoms with Gasteiger partial charge in [0.05, 0.1) is 23.3 Å². The highest BCUT2D eigenvalue weighted by Gasteiger charge is 2.09. The first-order valence-electron chi connectivity index (χ1n) is 3.82. The number of ether oxygens (including phenoxy) is 1. The maximum atomic E-state index is 10.4. The van der Waals surface area contributed by atoms with Crippen molar-refractivity contribution in [2.75, 3.05) is 12.3 Å². The van der Waals surface area contributed by atoms with Gasteiger partial charge in [0.25, 0.3) is 5.69 Å². The summed E-state index contributed by atoms with van der Waals surface area (Å²) in [7, 11) is 0. The second-order valence-electron chi connectivity index (χ2n) is 2.41. The molecule has 0 fully saturated rings. The molecule has 13 heavy (non-hydrogen) atoms. The summed E-state index contributed by atoms with van der Waals surface area (Å²) in [4.78, 5) is 9.89. The van der Waals surface area contributed by atoms with E-state index in [1.54, 1.807) is 6.92 Å². The second kappa shape index (κ2) is 3.75. The summed E-state index contributed by atoms with van der Waals surface area (Å²) in [6.07, 6.45) is 0. The first-order valence-corrected chi connectivity index (χ1v) is 3.82. The van der Waals surface area contributed by atoms with Crippen molar-refractivity contribution in [2.24, 2.45) is 0 Å². The molecule has 0 saturated carbocycles. The molecule has 0 aliphatic heterocycles. The number of nitrogens with two attached hydrogens (primary N) is 1. The zero-order valence-electron chi connectivity index (χ0n) is 7.19. The van der Waals surface area contributed by atoms with Gasteiger partial charge in [-0.2, -0.15) is 0 Å². The molecule has 0 amide bonds. The van der Waals surface area contributed by atoms with Crippen molar-refractivity contribution < 1.29 is 9.66 Å². The summed E-state index contributed by atoms with van der Waals surface area (Å²) in [5.74, 6) is 0.358. The average molecular weight is 182 g/mol. The van der Waals surface area contributed by atoms with Crippen LogP contribution in [0.1, 0.15) is 6.92 Å². The molecule has 5 heteroatoms. The van der Waals surface area contributed by atoms with Gasteiger partial charge < -0.3 is 10.5 Å². The van der Waals surface area contributed by atoms with Crippen molar-refractivity contribution in [3.63, 3.8) is 0 Å². The number of nitrogen functional groups attached to an aromatic ring is 1. The van der Waals surface area contributed by atoms with Gasteiger partial charge in [-0.3, -0.25) is 10.1 Å². The molecule has 2 N–H and O–H groups in total. The number of anilines is 1. The summed E-state index contributed by atoms with van der Waals surface area (Å²) in [5, 5.41) is 10.4. The van der Waals surface area contributed by atoms with Crippen LogP contribution >= 0.6 is 0 Å². The summed E-state index contributed by atoms with van der Waals surface area (Å²) >= 11 is 0. The van der Waals surface area contributed by atoms with Gasteiger partial charge in [-0.05, 0) is 13.0 Å². The molecule has 0 bridgehead atoms. The number of hydrogen-bond donors (Lipinski definition) is 1. The van der Waals surface area contributed by atoms with Gasteiger partial charge in [-0.1, -0.05) is 0 Å². The van der Waals surface area contributed by atoms with Crippen LogP contribution in [0.15, 0.2) is 18.2 Å². The Morgan fingerprint density at radius 1 is 1.62 bits per heavy atom. The standard InChI is InChI=1S/C8H10N2O3/c1-2-13-8-5-6(10(11)12)3-4-7(8)9/h3-5H,2,9H2,1H3. The van der Waals surface area contributed by atoms with E-state index < -0.39 is 4.92 Å². The summed E-state index contributed by atoms with van der Waals surface area (Å²) < 4.78 is 5.10. The zero-order valence-corrected chi connectivity index (χ0v) is 7.19. The van der Waals surface area contributed by atoms with Gasteiger partial charge in [0, 0.05) is 6.07 Å². The fraction of sp³-hybridized carbons (Fsp3) is 0.250. The van der Waals surface area contributed by atoms with Crippen molar-refractivity contribution >= 4 is 11.4 Å². The lowest BCUT2D eigenvalue weighted by molar-refractivity contribution is -0.384. The zero-order chi connectivity index (χ0) is 9.84. The maximum Gasteiger partial charge on any atom is 0.273 e. The van der Waals surface area contributed by atoms with Crippen LogP contribution < -0.4 is 10.5 Å². The number of rotatable bonds is 3. The summed E-state index contributed by atoms with van der Waals surface area (Å²) in [5.41, 5.74) is 5.92. The molecule has 0 spiro atoms. The Balaban J connectivity index is 3.03. The van der Waals surface area contributed by atoms with Crippen LogP contribution in [-0.4, -0.2) is 11.5 Å². The van der Waals surface area contributed by atoms with Gasteiger partial charge in [0.2, 0.25) is 0 Å². The summed E-state index contributed by atoms with van der Waals surface area (Å²) in [6, 6.07) is 4.12. The van der Waals surface area contributed by atoms with Crippen LogP contribution in [0.3, 0.4) is 0 Å². The maximum absolute atomic E-state index is 10.4. The van der Waals surface area contributed by atoms with E-state index in [1.165, 1.54) is 18.2 Å². The molecular weight excluding hydrogens is 172 g/mol. The Hall–Kier alpha value is -1.78. The topological polar surface area (TPSA) is 78.4 Å². The molecule has 5 nitrogen and oxygen atoms in total. The van der Waals surface area contributed by atoms with Gasteiger partial charge in [-0.15, -0.1) is 0 Å². The third-order valence-electron chi connectivity index (χ3n) is 1.51. The van der Waals surface area contributed by atoms with Crippen LogP contribution in [0.2, 0.25) is 0 Å². The van der Waals surface area contributed by atoms with Crippen LogP contribution in [0.25, 0.3) is 0 Å². The molecule has 0 atom stereocenters. The molecule has 1 rings (SSSR count). The smallest absolute Gasteiger partial charge is 0.273 e. The molecule has 0 radical (unpaired) electrons.